The van der Waals surface area contributed by atoms with Gasteiger partial charge in [-0.15, -0.1) is 0 Å². The number of anilines is 2. The number of fused-ring (bicyclic) bond motifs is 1. The van der Waals surface area contributed by atoms with Gasteiger partial charge in [-0.3, -0.25) is 0 Å². The zero-order chi connectivity index (χ0) is 16.5. The number of imidazole rings is 1. The molecule has 0 saturated heterocycles. The standard InChI is InChI=1S/C18H14ClN5/c1-24-11-21-15-10-14(5-6-16(15)24)22-17-7-8-20-18(23-17)12-3-2-4-13(19)9-12/h2-11H,1H3,(H,20,22,23). The number of nitrogens with one attached hydrogen (secondary N) is 1. The highest BCUT2D eigenvalue weighted by Crippen LogP contribution is 2.23. The van der Waals surface area contributed by atoms with Gasteiger partial charge < -0.3 is 9.88 Å². The van der Waals surface area contributed by atoms with Crippen LogP contribution in [0.5, 0.6) is 0 Å². The number of hydrogen-bond acceptors (Lipinski definition) is 4. The fourth-order valence-corrected chi connectivity index (χ4v) is 2.75. The molecule has 2 aromatic heterocycles. The van der Waals surface area contributed by atoms with Gasteiger partial charge in [0.15, 0.2) is 5.82 Å². The number of nitrogens with zero attached hydrogens (tertiary/aromatic N) is 4. The van der Waals surface area contributed by atoms with Gasteiger partial charge in [0, 0.05) is 29.5 Å². The maximum absolute atomic E-state index is 6.04. The van der Waals surface area contributed by atoms with E-state index in [0.29, 0.717) is 10.8 Å². The molecule has 0 radical (unpaired) electrons. The van der Waals surface area contributed by atoms with E-state index < -0.39 is 0 Å². The summed E-state index contributed by atoms with van der Waals surface area (Å²) in [6.07, 6.45) is 3.53. The van der Waals surface area contributed by atoms with Crippen LogP contribution in [0.15, 0.2) is 61.1 Å². The molecule has 0 unspecified atom stereocenters. The number of hydrogen-bond donors (Lipinski definition) is 1. The first-order valence-electron chi connectivity index (χ1n) is 7.46. The van der Waals surface area contributed by atoms with Crippen molar-refractivity contribution < 1.29 is 0 Å². The molecule has 6 heteroatoms. The first-order valence-corrected chi connectivity index (χ1v) is 7.84. The molecule has 0 amide bonds. The molecule has 0 fully saturated rings. The lowest BCUT2D eigenvalue weighted by atomic mass is 10.2. The molecule has 0 atom stereocenters. The minimum absolute atomic E-state index is 0.626. The second kappa shape index (κ2) is 5.94. The lowest BCUT2D eigenvalue weighted by Crippen LogP contribution is -1.97. The molecule has 5 nitrogen and oxygen atoms in total. The summed E-state index contributed by atoms with van der Waals surface area (Å²) in [6, 6.07) is 15.4. The number of aryl methyl sites for hydroxylation is 1. The highest BCUT2D eigenvalue weighted by molar-refractivity contribution is 6.30. The van der Waals surface area contributed by atoms with E-state index in [1.165, 1.54) is 0 Å². The van der Waals surface area contributed by atoms with Gasteiger partial charge in [-0.25, -0.2) is 15.0 Å². The van der Waals surface area contributed by atoms with Crippen molar-refractivity contribution in [1.29, 1.82) is 0 Å². The number of benzene rings is 2. The molecule has 118 valence electrons. The molecule has 4 aromatic rings. The monoisotopic (exact) mass is 335 g/mol. The fraction of sp³-hybridized carbons (Fsp3) is 0.0556. The second-order valence-electron chi connectivity index (χ2n) is 5.46. The van der Waals surface area contributed by atoms with E-state index in [0.717, 1.165) is 28.1 Å². The van der Waals surface area contributed by atoms with E-state index >= 15 is 0 Å². The maximum atomic E-state index is 6.04. The van der Waals surface area contributed by atoms with Gasteiger partial charge in [0.2, 0.25) is 0 Å². The van der Waals surface area contributed by atoms with E-state index in [9.17, 15) is 0 Å². The van der Waals surface area contributed by atoms with E-state index in [2.05, 4.69) is 20.3 Å². The van der Waals surface area contributed by atoms with Crippen LogP contribution in [-0.2, 0) is 7.05 Å². The molecule has 24 heavy (non-hydrogen) atoms. The zero-order valence-corrected chi connectivity index (χ0v) is 13.7. The molecule has 0 aliphatic carbocycles. The van der Waals surface area contributed by atoms with Crippen molar-refractivity contribution in [1.82, 2.24) is 19.5 Å². The third-order valence-corrected chi connectivity index (χ3v) is 3.97. The minimum atomic E-state index is 0.626. The van der Waals surface area contributed by atoms with E-state index in [-0.39, 0.29) is 0 Å². The van der Waals surface area contributed by atoms with Crippen molar-refractivity contribution in [2.75, 3.05) is 5.32 Å². The summed E-state index contributed by atoms with van der Waals surface area (Å²) in [5, 5.41) is 3.96. The predicted molar refractivity (Wildman–Crippen MR) is 96.5 cm³/mol. The average Bonchev–Trinajstić information content (AvgIpc) is 2.96. The topological polar surface area (TPSA) is 55.6 Å². The molecule has 0 aliphatic heterocycles. The normalized spacial score (nSPS) is 10.9. The van der Waals surface area contributed by atoms with Gasteiger partial charge in [0.1, 0.15) is 5.82 Å². The summed E-state index contributed by atoms with van der Waals surface area (Å²) in [6.45, 7) is 0. The summed E-state index contributed by atoms with van der Waals surface area (Å²) in [7, 11) is 1.98. The Labute approximate surface area is 144 Å². The van der Waals surface area contributed by atoms with Crippen molar-refractivity contribution in [3.05, 3.63) is 66.1 Å². The number of aromatic nitrogens is 4. The Morgan fingerprint density at radius 2 is 1.96 bits per heavy atom. The Hall–Kier alpha value is -2.92. The molecular formula is C18H14ClN5. The van der Waals surface area contributed by atoms with Gasteiger partial charge in [-0.2, -0.15) is 0 Å². The SMILES string of the molecule is Cn1cnc2cc(Nc3ccnc(-c4cccc(Cl)c4)n3)ccc21. The van der Waals surface area contributed by atoms with Crippen LogP contribution in [-0.4, -0.2) is 19.5 Å². The van der Waals surface area contributed by atoms with Crippen molar-refractivity contribution in [3.8, 4) is 11.4 Å². The van der Waals surface area contributed by atoms with E-state index in [1.807, 2.05) is 60.1 Å². The lowest BCUT2D eigenvalue weighted by molar-refractivity contribution is 0.948. The second-order valence-corrected chi connectivity index (χ2v) is 5.90. The van der Waals surface area contributed by atoms with Gasteiger partial charge in [-0.05, 0) is 36.4 Å². The highest BCUT2D eigenvalue weighted by Gasteiger charge is 2.05. The summed E-state index contributed by atoms with van der Waals surface area (Å²) in [5.41, 5.74) is 3.83. The van der Waals surface area contributed by atoms with E-state index in [4.69, 9.17) is 11.6 Å². The van der Waals surface area contributed by atoms with Crippen LogP contribution in [0.3, 0.4) is 0 Å². The van der Waals surface area contributed by atoms with Crippen molar-refractivity contribution in [2.45, 2.75) is 0 Å². The Bertz CT molecular complexity index is 1020. The van der Waals surface area contributed by atoms with Crippen LogP contribution in [0.2, 0.25) is 5.02 Å². The fourth-order valence-electron chi connectivity index (χ4n) is 2.56. The number of halogens is 1. The van der Waals surface area contributed by atoms with Crippen LogP contribution < -0.4 is 5.32 Å². The summed E-state index contributed by atoms with van der Waals surface area (Å²) < 4.78 is 1.99. The van der Waals surface area contributed by atoms with Crippen molar-refractivity contribution in [3.63, 3.8) is 0 Å². The molecule has 2 aromatic carbocycles. The first kappa shape index (κ1) is 14.7. The third kappa shape index (κ3) is 2.81. The van der Waals surface area contributed by atoms with Gasteiger partial charge in [-0.1, -0.05) is 23.7 Å². The van der Waals surface area contributed by atoms with Gasteiger partial charge in [0.25, 0.3) is 0 Å². The van der Waals surface area contributed by atoms with Gasteiger partial charge >= 0.3 is 0 Å². The Balaban J connectivity index is 1.65. The largest absolute Gasteiger partial charge is 0.340 e. The lowest BCUT2D eigenvalue weighted by Gasteiger charge is -2.07. The average molecular weight is 336 g/mol. The third-order valence-electron chi connectivity index (χ3n) is 3.74. The van der Waals surface area contributed by atoms with Gasteiger partial charge in [0.05, 0.1) is 17.4 Å². The Kier molecular flexibility index (Phi) is 3.63. The molecule has 0 spiro atoms. The highest BCUT2D eigenvalue weighted by atomic mass is 35.5. The Morgan fingerprint density at radius 1 is 1.04 bits per heavy atom. The van der Waals surface area contributed by atoms with Crippen molar-refractivity contribution >= 4 is 34.1 Å². The minimum Gasteiger partial charge on any atom is -0.340 e. The quantitative estimate of drug-likeness (QED) is 0.602. The first-order chi connectivity index (χ1) is 11.7. The van der Waals surface area contributed by atoms with Crippen LogP contribution >= 0.6 is 11.6 Å². The van der Waals surface area contributed by atoms with Crippen LogP contribution in [0.25, 0.3) is 22.4 Å². The molecule has 0 aliphatic rings. The van der Waals surface area contributed by atoms with Crippen molar-refractivity contribution in [2.24, 2.45) is 7.05 Å². The summed E-state index contributed by atoms with van der Waals surface area (Å²) >= 11 is 6.04. The molecule has 2 heterocycles. The molecular weight excluding hydrogens is 322 g/mol. The van der Waals surface area contributed by atoms with E-state index in [1.54, 1.807) is 12.5 Å². The molecule has 0 bridgehead atoms. The summed E-state index contributed by atoms with van der Waals surface area (Å²) in [5.74, 6) is 1.34. The van der Waals surface area contributed by atoms with Crippen LogP contribution in [0, 0.1) is 0 Å². The van der Waals surface area contributed by atoms with Crippen LogP contribution in [0.1, 0.15) is 0 Å². The number of rotatable bonds is 3. The van der Waals surface area contributed by atoms with Crippen LogP contribution in [0.4, 0.5) is 11.5 Å². The Morgan fingerprint density at radius 3 is 2.83 bits per heavy atom. The molecule has 1 N–H and O–H groups in total. The smallest absolute Gasteiger partial charge is 0.161 e. The molecule has 0 saturated carbocycles. The summed E-state index contributed by atoms with van der Waals surface area (Å²) in [4.78, 5) is 13.2. The molecule has 4 rings (SSSR count). The predicted octanol–water partition coefficient (Wildman–Crippen LogP) is 4.43. The maximum Gasteiger partial charge on any atom is 0.161 e. The zero-order valence-electron chi connectivity index (χ0n) is 12.9.